The third kappa shape index (κ3) is 2.86. The molecule has 4 nitrogen and oxygen atoms in total. The van der Waals surface area contributed by atoms with Crippen LogP contribution in [0.4, 0.5) is 5.13 Å². The second-order valence-electron chi connectivity index (χ2n) is 4.09. The van der Waals surface area contributed by atoms with Gasteiger partial charge in [-0.05, 0) is 19.1 Å². The highest BCUT2D eigenvalue weighted by Gasteiger charge is 2.20. The summed E-state index contributed by atoms with van der Waals surface area (Å²) in [6.45, 7) is 1.81. The van der Waals surface area contributed by atoms with Gasteiger partial charge >= 0.3 is 0 Å². The molecule has 0 fully saturated rings. The summed E-state index contributed by atoms with van der Waals surface area (Å²) in [7, 11) is 0. The molecule has 0 aliphatic heterocycles. The van der Waals surface area contributed by atoms with Crippen molar-refractivity contribution in [3.63, 3.8) is 0 Å². The van der Waals surface area contributed by atoms with Crippen molar-refractivity contribution in [3.8, 4) is 0 Å². The number of nitrogens with one attached hydrogen (secondary N) is 1. The van der Waals surface area contributed by atoms with Gasteiger partial charge < -0.3 is 0 Å². The summed E-state index contributed by atoms with van der Waals surface area (Å²) in [4.78, 5) is 12.7. The lowest BCUT2D eigenvalue weighted by atomic mass is 10.2. The predicted molar refractivity (Wildman–Crippen MR) is 89.5 cm³/mol. The molecule has 0 saturated heterocycles. The molecule has 1 aromatic carbocycles. The number of aryl methyl sites for hydroxylation is 1. The van der Waals surface area contributed by atoms with Crippen LogP contribution in [0.5, 0.6) is 0 Å². The lowest BCUT2D eigenvalue weighted by molar-refractivity contribution is 0.103. The summed E-state index contributed by atoms with van der Waals surface area (Å²) < 4.78 is 0.760. The zero-order chi connectivity index (χ0) is 15.1. The highest BCUT2D eigenvalue weighted by Crippen LogP contribution is 2.41. The fraction of sp³-hybridized carbons (Fsp3) is 0.0833. The summed E-state index contributed by atoms with van der Waals surface area (Å²) in [5.74, 6) is -0.343. The molecule has 1 N–H and O–H groups in total. The molecule has 0 radical (unpaired) electrons. The zero-order valence-electron chi connectivity index (χ0n) is 10.4. The van der Waals surface area contributed by atoms with Gasteiger partial charge in [-0.15, -0.1) is 21.5 Å². The molecule has 0 spiro atoms. The number of thiophene rings is 1. The Morgan fingerprint density at radius 1 is 1.19 bits per heavy atom. The number of rotatable bonds is 2. The van der Waals surface area contributed by atoms with Gasteiger partial charge in [-0.3, -0.25) is 10.1 Å². The Morgan fingerprint density at radius 2 is 1.95 bits per heavy atom. The van der Waals surface area contributed by atoms with E-state index in [1.165, 1.54) is 22.7 Å². The van der Waals surface area contributed by atoms with E-state index in [2.05, 4.69) is 15.5 Å². The molecule has 3 aromatic rings. The van der Waals surface area contributed by atoms with Crippen LogP contribution in [-0.2, 0) is 0 Å². The molecule has 3 rings (SSSR count). The van der Waals surface area contributed by atoms with Crippen LogP contribution in [-0.4, -0.2) is 16.1 Å². The number of halogens is 3. The zero-order valence-corrected chi connectivity index (χ0v) is 14.3. The first-order chi connectivity index (χ1) is 9.95. The number of carbonyl (C=O) groups excluding carboxylic acids is 1. The third-order valence-electron chi connectivity index (χ3n) is 2.60. The van der Waals surface area contributed by atoms with E-state index < -0.39 is 0 Å². The van der Waals surface area contributed by atoms with Crippen molar-refractivity contribution in [2.75, 3.05) is 5.32 Å². The summed E-state index contributed by atoms with van der Waals surface area (Å²) >= 11 is 20.9. The van der Waals surface area contributed by atoms with Gasteiger partial charge in [0, 0.05) is 15.1 Å². The topological polar surface area (TPSA) is 54.9 Å². The molecule has 1 amide bonds. The van der Waals surface area contributed by atoms with Crippen LogP contribution >= 0.6 is 57.5 Å². The van der Waals surface area contributed by atoms with E-state index in [9.17, 15) is 4.79 Å². The standard InChI is InChI=1S/C12H6Cl3N3OS2/c1-4-17-18-12(20-4)16-11(19)10-9(15)8-6(14)2-5(13)3-7(8)21-10/h2-3H,1H3,(H,16,18,19). The fourth-order valence-electron chi connectivity index (χ4n) is 1.76. The number of hydrogen-bond donors (Lipinski definition) is 1. The molecular weight excluding hydrogens is 373 g/mol. The van der Waals surface area contributed by atoms with Crippen molar-refractivity contribution in [3.05, 3.63) is 37.1 Å². The number of nitrogens with zero attached hydrogens (tertiary/aromatic N) is 2. The first kappa shape index (κ1) is 15.0. The first-order valence-corrected chi connectivity index (χ1v) is 8.41. The van der Waals surface area contributed by atoms with Crippen LogP contribution in [0.3, 0.4) is 0 Å². The van der Waals surface area contributed by atoms with Gasteiger partial charge in [0.1, 0.15) is 9.88 Å². The molecule has 0 atom stereocenters. The second-order valence-corrected chi connectivity index (χ2v) is 7.54. The van der Waals surface area contributed by atoms with Gasteiger partial charge in [0.15, 0.2) is 0 Å². The van der Waals surface area contributed by atoms with Crippen LogP contribution in [0.1, 0.15) is 14.7 Å². The molecular formula is C12H6Cl3N3OS2. The fourth-order valence-corrected chi connectivity index (χ4v) is 4.62. The van der Waals surface area contributed by atoms with Crippen LogP contribution in [0.15, 0.2) is 12.1 Å². The van der Waals surface area contributed by atoms with Crippen molar-refractivity contribution in [1.82, 2.24) is 10.2 Å². The van der Waals surface area contributed by atoms with E-state index in [0.717, 1.165) is 9.71 Å². The van der Waals surface area contributed by atoms with Gasteiger partial charge in [0.2, 0.25) is 5.13 Å². The van der Waals surface area contributed by atoms with Crippen LogP contribution < -0.4 is 5.32 Å². The minimum Gasteiger partial charge on any atom is -0.296 e. The molecule has 21 heavy (non-hydrogen) atoms. The summed E-state index contributed by atoms with van der Waals surface area (Å²) in [6, 6.07) is 3.32. The van der Waals surface area contributed by atoms with Crippen molar-refractivity contribution in [2.45, 2.75) is 6.92 Å². The Labute approximate surface area is 142 Å². The quantitative estimate of drug-likeness (QED) is 0.660. The highest BCUT2D eigenvalue weighted by molar-refractivity contribution is 7.22. The van der Waals surface area contributed by atoms with Gasteiger partial charge in [-0.25, -0.2) is 0 Å². The number of aromatic nitrogens is 2. The Bertz CT molecular complexity index is 859. The lowest BCUT2D eigenvalue weighted by Gasteiger charge is -1.98. The van der Waals surface area contributed by atoms with Gasteiger partial charge in [0.05, 0.1) is 10.0 Å². The maximum Gasteiger partial charge on any atom is 0.269 e. The molecule has 9 heteroatoms. The minimum atomic E-state index is -0.343. The maximum atomic E-state index is 12.3. The largest absolute Gasteiger partial charge is 0.296 e. The van der Waals surface area contributed by atoms with E-state index in [-0.39, 0.29) is 5.91 Å². The van der Waals surface area contributed by atoms with Crippen molar-refractivity contribution in [1.29, 1.82) is 0 Å². The SMILES string of the molecule is Cc1nnc(NC(=O)c2sc3cc(Cl)cc(Cl)c3c2Cl)s1. The average molecular weight is 379 g/mol. The van der Waals surface area contributed by atoms with Crippen molar-refractivity contribution < 1.29 is 4.79 Å². The molecule has 108 valence electrons. The third-order valence-corrected chi connectivity index (χ3v) is 5.50. The Morgan fingerprint density at radius 3 is 2.62 bits per heavy atom. The van der Waals surface area contributed by atoms with Gasteiger partial charge in [0.25, 0.3) is 5.91 Å². The monoisotopic (exact) mass is 377 g/mol. The minimum absolute atomic E-state index is 0.315. The molecule has 0 aliphatic rings. The average Bonchev–Trinajstić information content (AvgIpc) is 2.93. The predicted octanol–water partition coefficient (Wildman–Crippen LogP) is 5.27. The highest BCUT2D eigenvalue weighted by atomic mass is 35.5. The number of benzene rings is 1. The maximum absolute atomic E-state index is 12.3. The smallest absolute Gasteiger partial charge is 0.269 e. The number of anilines is 1. The molecule has 2 aromatic heterocycles. The van der Waals surface area contributed by atoms with Gasteiger partial charge in [-0.2, -0.15) is 0 Å². The molecule has 0 unspecified atom stereocenters. The van der Waals surface area contributed by atoms with E-state index in [1.54, 1.807) is 12.1 Å². The molecule has 0 aliphatic carbocycles. The number of hydrogen-bond acceptors (Lipinski definition) is 5. The normalized spacial score (nSPS) is 11.0. The van der Waals surface area contributed by atoms with Crippen molar-refractivity contribution >= 4 is 78.6 Å². The number of carbonyl (C=O) groups is 1. The Kier molecular flexibility index (Phi) is 4.07. The van der Waals surface area contributed by atoms with E-state index in [1.807, 2.05) is 6.92 Å². The summed E-state index contributed by atoms with van der Waals surface area (Å²) in [6.07, 6.45) is 0. The lowest BCUT2D eigenvalue weighted by Crippen LogP contribution is -2.10. The summed E-state index contributed by atoms with van der Waals surface area (Å²) in [5.41, 5.74) is 0. The molecule has 0 saturated carbocycles. The van der Waals surface area contributed by atoms with Crippen LogP contribution in [0.25, 0.3) is 10.1 Å². The van der Waals surface area contributed by atoms with E-state index in [4.69, 9.17) is 34.8 Å². The molecule has 0 bridgehead atoms. The Hall–Kier alpha value is -0.920. The van der Waals surface area contributed by atoms with Crippen LogP contribution in [0, 0.1) is 6.92 Å². The Balaban J connectivity index is 2.02. The number of fused-ring (bicyclic) bond motifs is 1. The van der Waals surface area contributed by atoms with Crippen LogP contribution in [0.2, 0.25) is 15.1 Å². The summed E-state index contributed by atoms with van der Waals surface area (Å²) in [5, 5.41) is 13.4. The van der Waals surface area contributed by atoms with Crippen molar-refractivity contribution in [2.24, 2.45) is 0 Å². The number of amides is 1. The molecule has 2 heterocycles. The van der Waals surface area contributed by atoms with E-state index in [0.29, 0.717) is 30.5 Å². The van der Waals surface area contributed by atoms with E-state index >= 15 is 0 Å². The van der Waals surface area contributed by atoms with Gasteiger partial charge in [-0.1, -0.05) is 46.1 Å². The first-order valence-electron chi connectivity index (χ1n) is 5.64. The second kappa shape index (κ2) is 5.70.